The van der Waals surface area contributed by atoms with E-state index in [4.69, 9.17) is 4.74 Å². The molecule has 1 aromatic rings. The molecule has 2 rings (SSSR count). The van der Waals surface area contributed by atoms with Gasteiger partial charge in [-0.15, -0.1) is 0 Å². The zero-order chi connectivity index (χ0) is 22.9. The van der Waals surface area contributed by atoms with E-state index < -0.39 is 0 Å². The average Bonchev–Trinajstić information content (AvgIpc) is 2.71. The van der Waals surface area contributed by atoms with Crippen molar-refractivity contribution >= 4 is 11.8 Å². The monoisotopic (exact) mass is 422 g/mol. The Morgan fingerprint density at radius 1 is 1.10 bits per heavy atom. The summed E-state index contributed by atoms with van der Waals surface area (Å²) >= 11 is 0. The molecule has 0 aromatic heterocycles. The average molecular weight is 423 g/mol. The van der Waals surface area contributed by atoms with Crippen LogP contribution in [0.25, 0.3) is 6.08 Å². The Balaban J connectivity index is 2.27. The molecule has 1 aliphatic rings. The summed E-state index contributed by atoms with van der Waals surface area (Å²) in [6.45, 7) is 13.5. The first-order valence-corrected chi connectivity index (χ1v) is 12.0. The molecule has 0 fully saturated rings. The summed E-state index contributed by atoms with van der Waals surface area (Å²) in [5.74, 6) is 0.919. The molecule has 1 unspecified atom stereocenters. The number of nitriles is 1. The highest BCUT2D eigenvalue weighted by Gasteiger charge is 2.35. The molecule has 0 aliphatic heterocycles. The normalized spacial score (nSPS) is 20.4. The predicted molar refractivity (Wildman–Crippen MR) is 133 cm³/mol. The third kappa shape index (κ3) is 7.46. The summed E-state index contributed by atoms with van der Waals surface area (Å²) in [6.07, 6.45) is 14.2. The van der Waals surface area contributed by atoms with Gasteiger partial charge in [-0.2, -0.15) is 5.26 Å². The maximum Gasteiger partial charge on any atom is 0.128 e. The van der Waals surface area contributed by atoms with Crippen molar-refractivity contribution in [1.82, 2.24) is 0 Å². The molecule has 3 nitrogen and oxygen atoms in total. The number of ether oxygens (including phenoxy) is 1. The Bertz CT molecular complexity index is 807. The summed E-state index contributed by atoms with van der Waals surface area (Å²) < 4.78 is 5.77. The Labute approximate surface area is 190 Å². The van der Waals surface area contributed by atoms with Gasteiger partial charge in [-0.1, -0.05) is 71.3 Å². The number of unbranched alkanes of at least 4 members (excludes halogenated alkanes) is 2. The number of hydrogen-bond acceptors (Lipinski definition) is 3. The molecule has 3 heteroatoms. The van der Waals surface area contributed by atoms with Crippen molar-refractivity contribution in [2.45, 2.75) is 79.6 Å². The SMILES string of the molecule is CCCCN(CCCC)c1ccc(/C=C/C2=CC(C)(CC#N)CC(C)(C)C2)c(OC)c1. The fourth-order valence-electron chi connectivity index (χ4n) is 4.96. The van der Waals surface area contributed by atoms with Crippen LogP contribution in [0.3, 0.4) is 0 Å². The zero-order valence-corrected chi connectivity index (χ0v) is 20.6. The molecule has 0 radical (unpaired) electrons. The van der Waals surface area contributed by atoms with E-state index >= 15 is 0 Å². The van der Waals surface area contributed by atoms with Crippen molar-refractivity contribution in [2.24, 2.45) is 10.8 Å². The molecule has 170 valence electrons. The molecule has 0 spiro atoms. The molecular formula is C28H42N2O. The van der Waals surface area contributed by atoms with Crippen LogP contribution in [0.15, 0.2) is 35.9 Å². The highest BCUT2D eigenvalue weighted by atomic mass is 16.5. The first-order chi connectivity index (χ1) is 14.8. The van der Waals surface area contributed by atoms with Crippen LogP contribution in [-0.2, 0) is 0 Å². The number of methoxy groups -OCH3 is 1. The third-order valence-corrected chi connectivity index (χ3v) is 6.20. The molecule has 0 bridgehead atoms. The topological polar surface area (TPSA) is 36.3 Å². The lowest BCUT2D eigenvalue weighted by Gasteiger charge is -2.39. The molecular weight excluding hydrogens is 380 g/mol. The molecule has 1 aliphatic carbocycles. The van der Waals surface area contributed by atoms with E-state index in [9.17, 15) is 5.26 Å². The van der Waals surface area contributed by atoms with Crippen LogP contribution in [0.1, 0.15) is 85.1 Å². The van der Waals surface area contributed by atoms with E-state index in [1.54, 1.807) is 7.11 Å². The number of hydrogen-bond donors (Lipinski definition) is 0. The smallest absolute Gasteiger partial charge is 0.128 e. The van der Waals surface area contributed by atoms with Crippen molar-refractivity contribution in [1.29, 1.82) is 5.26 Å². The van der Waals surface area contributed by atoms with Crippen molar-refractivity contribution in [3.8, 4) is 11.8 Å². The number of allylic oxidation sites excluding steroid dienone is 3. The van der Waals surface area contributed by atoms with Gasteiger partial charge in [0.15, 0.2) is 0 Å². The second kappa shape index (κ2) is 11.4. The summed E-state index contributed by atoms with van der Waals surface area (Å²) in [5.41, 5.74) is 3.81. The van der Waals surface area contributed by atoms with Gasteiger partial charge in [0.2, 0.25) is 0 Å². The Morgan fingerprint density at radius 3 is 2.35 bits per heavy atom. The van der Waals surface area contributed by atoms with Crippen molar-refractivity contribution in [3.63, 3.8) is 0 Å². The van der Waals surface area contributed by atoms with E-state index in [1.807, 2.05) is 0 Å². The van der Waals surface area contributed by atoms with Gasteiger partial charge in [-0.3, -0.25) is 0 Å². The van der Waals surface area contributed by atoms with Crippen LogP contribution >= 0.6 is 0 Å². The third-order valence-electron chi connectivity index (χ3n) is 6.20. The lowest BCUT2D eigenvalue weighted by molar-refractivity contribution is 0.205. The van der Waals surface area contributed by atoms with Crippen molar-refractivity contribution in [3.05, 3.63) is 41.5 Å². The van der Waals surface area contributed by atoms with Crippen LogP contribution < -0.4 is 9.64 Å². The largest absolute Gasteiger partial charge is 0.496 e. The van der Waals surface area contributed by atoms with E-state index in [0.29, 0.717) is 6.42 Å². The van der Waals surface area contributed by atoms with E-state index in [-0.39, 0.29) is 10.8 Å². The summed E-state index contributed by atoms with van der Waals surface area (Å²) in [7, 11) is 1.76. The van der Waals surface area contributed by atoms with Crippen LogP contribution in [0.2, 0.25) is 0 Å². The van der Waals surface area contributed by atoms with Gasteiger partial charge in [0.1, 0.15) is 5.75 Å². The van der Waals surface area contributed by atoms with E-state index in [1.165, 1.54) is 36.9 Å². The standard InChI is InChI=1S/C28H42N2O/c1-7-9-17-30(18-10-8-2)25-14-13-24(26(19-25)31-6)12-11-23-20-27(3,4)22-28(5,21-23)15-16-29/h11-14,19,21H,7-10,15,17-18,20,22H2,1-6H3/b12-11+. The first kappa shape index (κ1) is 25.1. The maximum atomic E-state index is 9.28. The Kier molecular flexibility index (Phi) is 9.23. The minimum absolute atomic E-state index is 0.0524. The molecule has 1 atom stereocenters. The maximum absolute atomic E-state index is 9.28. The van der Waals surface area contributed by atoms with Crippen LogP contribution in [0.5, 0.6) is 5.75 Å². The summed E-state index contributed by atoms with van der Waals surface area (Å²) in [5, 5.41) is 9.28. The highest BCUT2D eigenvalue weighted by molar-refractivity contribution is 5.65. The molecule has 0 amide bonds. The number of anilines is 1. The van der Waals surface area contributed by atoms with Crippen LogP contribution in [0.4, 0.5) is 5.69 Å². The predicted octanol–water partition coefficient (Wildman–Crippen LogP) is 7.78. The number of rotatable bonds is 11. The number of benzene rings is 1. The summed E-state index contributed by atoms with van der Waals surface area (Å²) in [6, 6.07) is 8.97. The quantitative estimate of drug-likeness (QED) is 0.365. The lowest BCUT2D eigenvalue weighted by Crippen LogP contribution is -2.28. The molecule has 0 saturated carbocycles. The van der Waals surface area contributed by atoms with Gasteiger partial charge in [0.25, 0.3) is 0 Å². The van der Waals surface area contributed by atoms with Crippen LogP contribution in [0, 0.1) is 22.2 Å². The molecule has 31 heavy (non-hydrogen) atoms. The van der Waals surface area contributed by atoms with Gasteiger partial charge in [-0.05, 0) is 48.6 Å². The molecule has 0 N–H and O–H groups in total. The Morgan fingerprint density at radius 2 is 1.77 bits per heavy atom. The second-order valence-electron chi connectivity index (χ2n) is 10.2. The zero-order valence-electron chi connectivity index (χ0n) is 20.6. The Hall–Kier alpha value is -2.21. The summed E-state index contributed by atoms with van der Waals surface area (Å²) in [4.78, 5) is 2.49. The fraction of sp³-hybridized carbons (Fsp3) is 0.607. The van der Waals surface area contributed by atoms with E-state index in [2.05, 4.69) is 82.0 Å². The van der Waals surface area contributed by atoms with Crippen molar-refractivity contribution < 1.29 is 4.74 Å². The highest BCUT2D eigenvalue weighted by Crippen LogP contribution is 2.46. The molecule has 1 aromatic carbocycles. The van der Waals surface area contributed by atoms with Gasteiger partial charge in [0, 0.05) is 36.8 Å². The second-order valence-corrected chi connectivity index (χ2v) is 10.2. The lowest BCUT2D eigenvalue weighted by atomic mass is 9.65. The molecule has 0 saturated heterocycles. The van der Waals surface area contributed by atoms with E-state index in [0.717, 1.165) is 37.2 Å². The van der Waals surface area contributed by atoms with Gasteiger partial charge in [0.05, 0.1) is 13.2 Å². The van der Waals surface area contributed by atoms with Gasteiger partial charge in [-0.25, -0.2) is 0 Å². The fourth-order valence-corrected chi connectivity index (χ4v) is 4.96. The minimum atomic E-state index is -0.0524. The molecule has 0 heterocycles. The minimum Gasteiger partial charge on any atom is -0.496 e. The van der Waals surface area contributed by atoms with Crippen molar-refractivity contribution in [2.75, 3.05) is 25.1 Å². The van der Waals surface area contributed by atoms with Gasteiger partial charge < -0.3 is 9.64 Å². The van der Waals surface area contributed by atoms with Crippen LogP contribution in [-0.4, -0.2) is 20.2 Å². The first-order valence-electron chi connectivity index (χ1n) is 12.0. The van der Waals surface area contributed by atoms with Gasteiger partial charge >= 0.3 is 0 Å². The number of nitrogens with zero attached hydrogens (tertiary/aromatic N) is 2.